The molecule has 0 aliphatic carbocycles. The maximum atomic E-state index is 13.3. The maximum absolute atomic E-state index is 13.3. The predicted molar refractivity (Wildman–Crippen MR) is 126 cm³/mol. The first-order valence-corrected chi connectivity index (χ1v) is 11.0. The summed E-state index contributed by atoms with van der Waals surface area (Å²) in [5, 5.41) is 5.94. The summed E-state index contributed by atoms with van der Waals surface area (Å²) in [4.78, 5) is 15.3. The minimum absolute atomic E-state index is 0.114. The highest BCUT2D eigenvalue weighted by Crippen LogP contribution is 2.35. The first-order valence-electron chi connectivity index (χ1n) is 11.0. The molecule has 1 N–H and O–H groups in total. The van der Waals surface area contributed by atoms with E-state index in [9.17, 15) is 4.79 Å². The number of hydrogen-bond donors (Lipinski definition) is 1. The van der Waals surface area contributed by atoms with E-state index in [0.717, 1.165) is 50.1 Å². The van der Waals surface area contributed by atoms with Crippen LogP contribution in [0.15, 0.2) is 72.3 Å². The van der Waals surface area contributed by atoms with Gasteiger partial charge >= 0.3 is 0 Å². The fourth-order valence-electron chi connectivity index (χ4n) is 4.44. The molecule has 3 aromatic rings. The van der Waals surface area contributed by atoms with Crippen molar-refractivity contribution < 1.29 is 4.79 Å². The van der Waals surface area contributed by atoms with Crippen molar-refractivity contribution in [2.75, 3.05) is 26.2 Å². The topological polar surface area (TPSA) is 32.3 Å². The van der Waals surface area contributed by atoms with Gasteiger partial charge in [-0.3, -0.25) is 4.79 Å². The van der Waals surface area contributed by atoms with E-state index < -0.39 is 0 Å². The number of nitrogens with zero attached hydrogens (tertiary/aromatic N) is 1. The average Bonchev–Trinajstić information content (AvgIpc) is 2.81. The Labute approximate surface area is 179 Å². The van der Waals surface area contributed by atoms with Crippen LogP contribution in [0.25, 0.3) is 16.3 Å². The Morgan fingerprint density at radius 2 is 1.47 bits per heavy atom. The van der Waals surface area contributed by atoms with Gasteiger partial charge in [-0.25, -0.2) is 0 Å². The lowest BCUT2D eigenvalue weighted by molar-refractivity contribution is 0.0772. The third kappa shape index (κ3) is 4.03. The van der Waals surface area contributed by atoms with E-state index in [1.165, 1.54) is 27.5 Å². The van der Waals surface area contributed by atoms with Crippen molar-refractivity contribution in [3.05, 3.63) is 89.0 Å². The number of amides is 1. The molecule has 1 aliphatic rings. The first-order chi connectivity index (χ1) is 14.7. The molecule has 1 amide bonds. The van der Waals surface area contributed by atoms with Crippen LogP contribution in [-0.2, 0) is 0 Å². The van der Waals surface area contributed by atoms with Crippen LogP contribution in [0.1, 0.15) is 48.2 Å². The van der Waals surface area contributed by atoms with Crippen LogP contribution in [0, 0.1) is 0 Å². The molecule has 0 radical (unpaired) electrons. The minimum Gasteiger partial charge on any atom is -0.339 e. The molecule has 4 rings (SSSR count). The molecule has 0 bridgehead atoms. The molecule has 0 unspecified atom stereocenters. The zero-order valence-electron chi connectivity index (χ0n) is 17.9. The normalized spacial score (nSPS) is 14.0. The number of carbonyl (C=O) groups is 1. The molecule has 3 aromatic carbocycles. The van der Waals surface area contributed by atoms with Gasteiger partial charge in [0.1, 0.15) is 0 Å². The second kappa shape index (κ2) is 9.27. The summed E-state index contributed by atoms with van der Waals surface area (Å²) in [6.45, 7) is 7.49. The van der Waals surface area contributed by atoms with Crippen molar-refractivity contribution in [3.8, 4) is 0 Å². The quantitative estimate of drug-likeness (QED) is 0.615. The Hall–Kier alpha value is -2.91. The van der Waals surface area contributed by atoms with Crippen molar-refractivity contribution in [1.29, 1.82) is 0 Å². The SMILES string of the molecule is CCN(CC)C(=O)c1ccccc1C(=C1CCNCC1)c1ccc2ccccc2c1. The molecule has 3 heteroatoms. The van der Waals surface area contributed by atoms with Gasteiger partial charge in [0, 0.05) is 18.7 Å². The van der Waals surface area contributed by atoms with E-state index in [1.54, 1.807) is 0 Å². The number of benzene rings is 3. The Bertz CT molecular complexity index is 1070. The number of carbonyl (C=O) groups excluding carboxylic acids is 1. The highest BCUT2D eigenvalue weighted by molar-refractivity contribution is 6.02. The van der Waals surface area contributed by atoms with E-state index >= 15 is 0 Å². The molecular weight excluding hydrogens is 368 g/mol. The van der Waals surface area contributed by atoms with Crippen molar-refractivity contribution in [2.45, 2.75) is 26.7 Å². The van der Waals surface area contributed by atoms with Crippen LogP contribution in [0.4, 0.5) is 0 Å². The second-order valence-electron chi connectivity index (χ2n) is 7.81. The molecule has 154 valence electrons. The number of nitrogens with one attached hydrogen (secondary N) is 1. The summed E-state index contributed by atoms with van der Waals surface area (Å²) in [7, 11) is 0. The summed E-state index contributed by atoms with van der Waals surface area (Å²) >= 11 is 0. The average molecular weight is 399 g/mol. The van der Waals surface area contributed by atoms with Crippen molar-refractivity contribution >= 4 is 22.3 Å². The zero-order valence-corrected chi connectivity index (χ0v) is 17.9. The fourth-order valence-corrected chi connectivity index (χ4v) is 4.44. The monoisotopic (exact) mass is 398 g/mol. The van der Waals surface area contributed by atoms with Crippen LogP contribution in [0.5, 0.6) is 0 Å². The Morgan fingerprint density at radius 3 is 2.17 bits per heavy atom. The molecule has 1 heterocycles. The Kier molecular flexibility index (Phi) is 6.29. The molecule has 0 saturated carbocycles. The number of fused-ring (bicyclic) bond motifs is 1. The molecule has 3 nitrogen and oxygen atoms in total. The lowest BCUT2D eigenvalue weighted by atomic mass is 9.85. The van der Waals surface area contributed by atoms with Crippen LogP contribution < -0.4 is 5.32 Å². The highest BCUT2D eigenvalue weighted by Gasteiger charge is 2.22. The number of piperidine rings is 1. The number of hydrogen-bond acceptors (Lipinski definition) is 2. The molecule has 1 saturated heterocycles. The fraction of sp³-hybridized carbons (Fsp3) is 0.296. The van der Waals surface area contributed by atoms with Crippen molar-refractivity contribution in [2.24, 2.45) is 0 Å². The summed E-state index contributed by atoms with van der Waals surface area (Å²) in [5.74, 6) is 0.114. The van der Waals surface area contributed by atoms with Gasteiger partial charge in [-0.1, -0.05) is 60.2 Å². The zero-order chi connectivity index (χ0) is 20.9. The summed E-state index contributed by atoms with van der Waals surface area (Å²) < 4.78 is 0. The summed E-state index contributed by atoms with van der Waals surface area (Å²) in [6.07, 6.45) is 2.02. The molecule has 0 atom stereocenters. The van der Waals surface area contributed by atoms with E-state index in [2.05, 4.69) is 59.9 Å². The molecule has 0 aromatic heterocycles. The first kappa shape index (κ1) is 20.4. The third-order valence-corrected chi connectivity index (χ3v) is 6.08. The lowest BCUT2D eigenvalue weighted by Crippen LogP contribution is -2.31. The van der Waals surface area contributed by atoms with Gasteiger partial charge in [-0.15, -0.1) is 0 Å². The molecular formula is C27H30N2O. The van der Waals surface area contributed by atoms with Gasteiger partial charge in [0.25, 0.3) is 5.91 Å². The van der Waals surface area contributed by atoms with Crippen LogP contribution in [0.3, 0.4) is 0 Å². The van der Waals surface area contributed by atoms with Gasteiger partial charge < -0.3 is 10.2 Å². The Balaban J connectivity index is 1.91. The van der Waals surface area contributed by atoms with Crippen molar-refractivity contribution in [1.82, 2.24) is 10.2 Å². The summed E-state index contributed by atoms with van der Waals surface area (Å²) in [6, 6.07) is 23.3. The largest absolute Gasteiger partial charge is 0.339 e. The Morgan fingerprint density at radius 1 is 0.833 bits per heavy atom. The predicted octanol–water partition coefficient (Wildman–Crippen LogP) is 5.51. The maximum Gasteiger partial charge on any atom is 0.254 e. The minimum atomic E-state index is 0.114. The van der Waals surface area contributed by atoms with Gasteiger partial charge in [-0.05, 0) is 79.4 Å². The standard InChI is InChI=1S/C27H30N2O/c1-3-29(4-2)27(30)25-12-8-7-11-24(25)26(21-15-17-28-18-16-21)23-14-13-20-9-5-6-10-22(20)19-23/h5-14,19,28H,3-4,15-18H2,1-2H3. The van der Waals surface area contributed by atoms with Crippen LogP contribution >= 0.6 is 0 Å². The third-order valence-electron chi connectivity index (χ3n) is 6.08. The van der Waals surface area contributed by atoms with E-state index in [1.807, 2.05) is 30.9 Å². The van der Waals surface area contributed by atoms with E-state index in [0.29, 0.717) is 0 Å². The van der Waals surface area contributed by atoms with Gasteiger partial charge in [0.15, 0.2) is 0 Å². The molecule has 30 heavy (non-hydrogen) atoms. The molecule has 0 spiro atoms. The lowest BCUT2D eigenvalue weighted by Gasteiger charge is -2.25. The van der Waals surface area contributed by atoms with Gasteiger partial charge in [-0.2, -0.15) is 0 Å². The van der Waals surface area contributed by atoms with Crippen molar-refractivity contribution in [3.63, 3.8) is 0 Å². The van der Waals surface area contributed by atoms with E-state index in [-0.39, 0.29) is 5.91 Å². The summed E-state index contributed by atoms with van der Waals surface area (Å²) in [5.41, 5.74) is 5.73. The molecule has 1 fully saturated rings. The molecule has 1 aliphatic heterocycles. The van der Waals surface area contributed by atoms with Gasteiger partial charge in [0.2, 0.25) is 0 Å². The van der Waals surface area contributed by atoms with Gasteiger partial charge in [0.05, 0.1) is 0 Å². The van der Waals surface area contributed by atoms with E-state index in [4.69, 9.17) is 0 Å². The van der Waals surface area contributed by atoms with Crippen LogP contribution in [0.2, 0.25) is 0 Å². The van der Waals surface area contributed by atoms with Crippen LogP contribution in [-0.4, -0.2) is 37.0 Å². The highest BCUT2D eigenvalue weighted by atomic mass is 16.2. The number of rotatable bonds is 5. The second-order valence-corrected chi connectivity index (χ2v) is 7.81. The smallest absolute Gasteiger partial charge is 0.254 e.